The normalized spacial score (nSPS) is 30.3. The topological polar surface area (TPSA) is 27.7 Å². The van der Waals surface area contributed by atoms with E-state index in [9.17, 15) is 0 Å². The van der Waals surface area contributed by atoms with Gasteiger partial charge in [-0.1, -0.05) is 95.2 Å². The Labute approximate surface area is 221 Å². The molecule has 4 aliphatic rings. The van der Waals surface area contributed by atoms with Crippen molar-refractivity contribution in [3.8, 4) is 0 Å². The van der Waals surface area contributed by atoms with E-state index in [2.05, 4.69) is 50.3 Å². The highest BCUT2D eigenvalue weighted by atomic mass is 16.7. The molecule has 5 rings (SSSR count). The first-order chi connectivity index (χ1) is 17.7. The molecule has 3 saturated carbocycles. The highest BCUT2D eigenvalue weighted by molar-refractivity contribution is 5.32. The Balaban J connectivity index is 1.18. The van der Waals surface area contributed by atoms with Crippen LogP contribution in [-0.4, -0.2) is 26.1 Å². The molecule has 0 amide bonds. The average Bonchev–Trinajstić information content (AvgIpc) is 2.94. The van der Waals surface area contributed by atoms with Crippen molar-refractivity contribution >= 4 is 0 Å². The number of rotatable bonds is 15. The van der Waals surface area contributed by atoms with Crippen molar-refractivity contribution in [3.05, 3.63) is 47.5 Å². The molecule has 1 aromatic rings. The van der Waals surface area contributed by atoms with E-state index >= 15 is 0 Å². The molecular formula is C33H52O3. The van der Waals surface area contributed by atoms with Gasteiger partial charge in [-0.2, -0.15) is 0 Å². The van der Waals surface area contributed by atoms with Crippen LogP contribution in [0.4, 0.5) is 0 Å². The Hall–Kier alpha value is -1.16. The lowest BCUT2D eigenvalue weighted by atomic mass is 9.51. The number of unbranched alkanes of at least 4 members (excludes halogenated alkanes) is 7. The molecular weight excluding hydrogens is 444 g/mol. The van der Waals surface area contributed by atoms with E-state index in [1.165, 1.54) is 102 Å². The second-order valence-corrected chi connectivity index (χ2v) is 12.0. The van der Waals surface area contributed by atoms with Gasteiger partial charge in [0.1, 0.15) is 6.10 Å². The van der Waals surface area contributed by atoms with Gasteiger partial charge in [0, 0.05) is 0 Å². The molecule has 0 unspecified atom stereocenters. The van der Waals surface area contributed by atoms with Crippen LogP contribution in [0.15, 0.2) is 36.4 Å². The van der Waals surface area contributed by atoms with Crippen LogP contribution in [0.2, 0.25) is 0 Å². The molecule has 0 N–H and O–H groups in total. The van der Waals surface area contributed by atoms with Crippen LogP contribution in [-0.2, 0) is 19.6 Å². The third-order valence-electron chi connectivity index (χ3n) is 9.49. The molecule has 36 heavy (non-hydrogen) atoms. The molecule has 4 fully saturated rings. The van der Waals surface area contributed by atoms with Gasteiger partial charge in [-0.3, -0.25) is 0 Å². The first kappa shape index (κ1) is 27.9. The Bertz CT molecular complexity index is 750. The number of ether oxygens (including phenoxy) is 3. The fraction of sp³-hybridized carbons (Fsp3) is 0.758. The van der Waals surface area contributed by atoms with E-state index < -0.39 is 0 Å². The quantitative estimate of drug-likeness (QED) is 0.179. The van der Waals surface area contributed by atoms with Gasteiger partial charge in [0.25, 0.3) is 0 Å². The van der Waals surface area contributed by atoms with Gasteiger partial charge in [-0.25, -0.2) is 0 Å². The van der Waals surface area contributed by atoms with Crippen molar-refractivity contribution in [2.45, 2.75) is 134 Å². The second-order valence-electron chi connectivity index (χ2n) is 12.0. The third-order valence-corrected chi connectivity index (χ3v) is 9.49. The zero-order valence-electron chi connectivity index (χ0n) is 23.3. The lowest BCUT2D eigenvalue weighted by Gasteiger charge is -2.54. The zero-order chi connectivity index (χ0) is 25.1. The highest BCUT2D eigenvalue weighted by Gasteiger charge is 2.48. The van der Waals surface area contributed by atoms with Crippen molar-refractivity contribution in [3.63, 3.8) is 0 Å². The van der Waals surface area contributed by atoms with Crippen molar-refractivity contribution in [1.29, 1.82) is 0 Å². The summed E-state index contributed by atoms with van der Waals surface area (Å²) in [6.45, 7) is 6.21. The molecule has 1 saturated heterocycles. The Morgan fingerprint density at radius 2 is 1.47 bits per heavy atom. The smallest absolute Gasteiger partial charge is 0.181 e. The molecule has 1 heterocycles. The molecule has 0 radical (unpaired) electrons. The maximum atomic E-state index is 6.13. The Morgan fingerprint density at radius 1 is 0.778 bits per heavy atom. The average molecular weight is 497 g/mol. The lowest BCUT2D eigenvalue weighted by molar-refractivity contribution is -0.232. The first-order valence-electron chi connectivity index (χ1n) is 15.3. The first-order valence-corrected chi connectivity index (χ1v) is 15.3. The zero-order valence-corrected chi connectivity index (χ0v) is 23.3. The lowest BCUT2D eigenvalue weighted by Crippen LogP contribution is -2.44. The maximum Gasteiger partial charge on any atom is 0.181 e. The predicted octanol–water partition coefficient (Wildman–Crippen LogP) is 9.21. The van der Waals surface area contributed by atoms with Gasteiger partial charge in [0.2, 0.25) is 0 Å². The van der Waals surface area contributed by atoms with Crippen molar-refractivity contribution < 1.29 is 14.2 Å². The minimum atomic E-state index is -0.254. The van der Waals surface area contributed by atoms with Crippen molar-refractivity contribution in [2.24, 2.45) is 5.41 Å². The van der Waals surface area contributed by atoms with Crippen LogP contribution in [0.5, 0.6) is 0 Å². The molecule has 0 aromatic heterocycles. The summed E-state index contributed by atoms with van der Waals surface area (Å²) in [5, 5.41) is 0. The highest BCUT2D eigenvalue weighted by Crippen LogP contribution is 2.59. The summed E-state index contributed by atoms with van der Waals surface area (Å²) in [4.78, 5) is 0. The molecule has 1 aliphatic heterocycles. The summed E-state index contributed by atoms with van der Waals surface area (Å²) < 4.78 is 17.9. The van der Waals surface area contributed by atoms with E-state index in [-0.39, 0.29) is 12.4 Å². The standard InChI is InChI=1S/C33H52O3/c1-3-5-7-9-11-13-25-34-31-27-35-30(26-36-31)28-14-16-29(17-15-28)33-22-19-32(20-23-33,21-24-33)18-12-10-8-6-4-2/h11,13-17,30-31H,3-10,12,18-27H2,1-2H3/b13-11+/t30-,31+,32?,33?/m0/s1. The van der Waals surface area contributed by atoms with Gasteiger partial charge in [0.15, 0.2) is 6.29 Å². The molecule has 2 bridgehead atoms. The second kappa shape index (κ2) is 14.1. The summed E-state index contributed by atoms with van der Waals surface area (Å²) >= 11 is 0. The summed E-state index contributed by atoms with van der Waals surface area (Å²) in [5.74, 6) is 0. The maximum absolute atomic E-state index is 6.13. The van der Waals surface area contributed by atoms with Crippen LogP contribution in [0, 0.1) is 5.41 Å². The fourth-order valence-electron chi connectivity index (χ4n) is 6.86. The van der Waals surface area contributed by atoms with E-state index in [0.717, 1.165) is 6.42 Å². The summed E-state index contributed by atoms with van der Waals surface area (Å²) in [7, 11) is 0. The van der Waals surface area contributed by atoms with Gasteiger partial charge in [-0.15, -0.1) is 0 Å². The van der Waals surface area contributed by atoms with Crippen LogP contribution < -0.4 is 0 Å². The van der Waals surface area contributed by atoms with Crippen LogP contribution in [0.25, 0.3) is 0 Å². The monoisotopic (exact) mass is 496 g/mol. The van der Waals surface area contributed by atoms with E-state index in [1.54, 1.807) is 5.56 Å². The predicted molar refractivity (Wildman–Crippen MR) is 149 cm³/mol. The molecule has 3 nitrogen and oxygen atoms in total. The van der Waals surface area contributed by atoms with E-state index in [0.29, 0.717) is 30.7 Å². The van der Waals surface area contributed by atoms with Crippen LogP contribution >= 0.6 is 0 Å². The van der Waals surface area contributed by atoms with Crippen LogP contribution in [0.3, 0.4) is 0 Å². The van der Waals surface area contributed by atoms with Crippen molar-refractivity contribution in [1.82, 2.24) is 0 Å². The number of fused-ring (bicyclic) bond motifs is 3. The van der Waals surface area contributed by atoms with Gasteiger partial charge >= 0.3 is 0 Å². The van der Waals surface area contributed by atoms with Gasteiger partial charge in [-0.05, 0) is 79.7 Å². The van der Waals surface area contributed by atoms with Gasteiger partial charge < -0.3 is 14.2 Å². The SMILES string of the molecule is CCCCC/C=C/CO[C@H]1CO[C@H](c2ccc(C34CCC(CCCCCCC)(CC3)CC4)cc2)CO1. The number of hydrogen-bond acceptors (Lipinski definition) is 3. The van der Waals surface area contributed by atoms with Gasteiger partial charge in [0.05, 0.1) is 19.8 Å². The molecule has 202 valence electrons. The summed E-state index contributed by atoms with van der Waals surface area (Å²) in [5.41, 5.74) is 3.89. The minimum Gasteiger partial charge on any atom is -0.366 e. The van der Waals surface area contributed by atoms with E-state index in [4.69, 9.17) is 14.2 Å². The largest absolute Gasteiger partial charge is 0.366 e. The summed E-state index contributed by atoms with van der Waals surface area (Å²) in [6.07, 6.45) is 26.1. The molecule has 3 aliphatic carbocycles. The fourth-order valence-corrected chi connectivity index (χ4v) is 6.86. The Morgan fingerprint density at radius 3 is 2.14 bits per heavy atom. The molecule has 1 aromatic carbocycles. The summed E-state index contributed by atoms with van der Waals surface area (Å²) in [6, 6.07) is 9.38. The van der Waals surface area contributed by atoms with E-state index in [1.807, 2.05) is 0 Å². The van der Waals surface area contributed by atoms with Crippen LogP contribution in [0.1, 0.15) is 134 Å². The molecule has 3 heteroatoms. The van der Waals surface area contributed by atoms with Crippen molar-refractivity contribution in [2.75, 3.05) is 19.8 Å². The number of hydrogen-bond donors (Lipinski definition) is 0. The Kier molecular flexibility index (Phi) is 10.9. The third kappa shape index (κ3) is 7.45. The molecule has 0 spiro atoms. The molecule has 2 atom stereocenters. The minimum absolute atomic E-state index is 0.0130. The number of benzene rings is 1. The number of allylic oxidation sites excluding steroid dienone is 1.